The molecule has 5 heterocycles. The van der Waals surface area contributed by atoms with Crippen molar-refractivity contribution in [2.45, 2.75) is 31.7 Å². The third kappa shape index (κ3) is 3.09. The van der Waals surface area contributed by atoms with Crippen LogP contribution >= 0.6 is 0 Å². The van der Waals surface area contributed by atoms with E-state index in [0.29, 0.717) is 42.8 Å². The SMILES string of the molecule is Cc1c(C(=O)N2CCC(N3CCC(F)(F)C3)C2)cnn1-c1nn2cccc2c(=O)[nH]1. The summed E-state index contributed by atoms with van der Waals surface area (Å²) in [6.45, 7) is 2.79. The van der Waals surface area contributed by atoms with E-state index in [4.69, 9.17) is 0 Å². The van der Waals surface area contributed by atoms with Gasteiger partial charge in [0, 0.05) is 38.3 Å². The lowest BCUT2D eigenvalue weighted by Crippen LogP contribution is -2.38. The molecule has 3 aromatic heterocycles. The van der Waals surface area contributed by atoms with Crippen molar-refractivity contribution in [1.82, 2.24) is 34.2 Å². The highest BCUT2D eigenvalue weighted by Crippen LogP contribution is 2.31. The van der Waals surface area contributed by atoms with E-state index in [-0.39, 0.29) is 36.4 Å². The number of rotatable bonds is 3. The maximum Gasteiger partial charge on any atom is 0.276 e. The predicted molar refractivity (Wildman–Crippen MR) is 103 cm³/mol. The summed E-state index contributed by atoms with van der Waals surface area (Å²) in [6, 6.07) is 3.32. The Morgan fingerprint density at radius 2 is 2.17 bits per heavy atom. The van der Waals surface area contributed by atoms with Crippen LogP contribution in [-0.4, -0.2) is 78.2 Å². The molecule has 3 aromatic rings. The molecule has 0 saturated carbocycles. The zero-order valence-electron chi connectivity index (χ0n) is 16.4. The van der Waals surface area contributed by atoms with Crippen molar-refractivity contribution in [1.29, 1.82) is 0 Å². The quantitative estimate of drug-likeness (QED) is 0.689. The maximum atomic E-state index is 13.5. The number of halogens is 2. The number of nitrogens with zero attached hydrogens (tertiary/aromatic N) is 6. The number of amides is 1. The van der Waals surface area contributed by atoms with Crippen LogP contribution in [0.5, 0.6) is 0 Å². The molecule has 0 aromatic carbocycles. The largest absolute Gasteiger partial charge is 0.337 e. The van der Waals surface area contributed by atoms with E-state index in [1.165, 1.54) is 15.4 Å². The van der Waals surface area contributed by atoms with Gasteiger partial charge in [-0.2, -0.15) is 5.10 Å². The van der Waals surface area contributed by atoms with E-state index in [2.05, 4.69) is 15.2 Å². The Morgan fingerprint density at radius 3 is 2.93 bits per heavy atom. The van der Waals surface area contributed by atoms with E-state index in [9.17, 15) is 18.4 Å². The molecule has 30 heavy (non-hydrogen) atoms. The minimum Gasteiger partial charge on any atom is -0.337 e. The second-order valence-corrected chi connectivity index (χ2v) is 7.94. The average molecular weight is 417 g/mol. The smallest absolute Gasteiger partial charge is 0.276 e. The van der Waals surface area contributed by atoms with Crippen molar-refractivity contribution in [3.05, 3.63) is 46.1 Å². The van der Waals surface area contributed by atoms with E-state index in [1.807, 2.05) is 0 Å². The molecule has 1 N–H and O–H groups in total. The number of nitrogens with one attached hydrogen (secondary N) is 1. The Balaban J connectivity index is 1.36. The molecule has 9 nitrogen and oxygen atoms in total. The standard InChI is InChI=1S/C19H21F2N7O2/c1-12-14(9-22-28(12)18-23-16(29)15-3-2-6-27(15)24-18)17(30)25-7-4-13(10-25)26-8-5-19(20,21)11-26/h2-3,6,9,13H,4-5,7-8,10-11H2,1H3,(H,23,24,29). The Morgan fingerprint density at radius 1 is 1.33 bits per heavy atom. The summed E-state index contributed by atoms with van der Waals surface area (Å²) in [5.41, 5.74) is 1.05. The lowest BCUT2D eigenvalue weighted by atomic mass is 10.2. The van der Waals surface area contributed by atoms with Gasteiger partial charge >= 0.3 is 0 Å². The first-order valence-corrected chi connectivity index (χ1v) is 9.86. The third-order valence-electron chi connectivity index (χ3n) is 6.00. The number of alkyl halides is 2. The van der Waals surface area contributed by atoms with Crippen molar-refractivity contribution in [2.24, 2.45) is 0 Å². The number of likely N-dealkylation sites (tertiary alicyclic amines) is 2. The van der Waals surface area contributed by atoms with Crippen LogP contribution in [0.2, 0.25) is 0 Å². The van der Waals surface area contributed by atoms with Gasteiger partial charge in [0.25, 0.3) is 17.4 Å². The fourth-order valence-electron chi connectivity index (χ4n) is 4.33. The van der Waals surface area contributed by atoms with Gasteiger partial charge in [0.15, 0.2) is 0 Å². The highest BCUT2D eigenvalue weighted by Gasteiger charge is 2.43. The molecule has 1 atom stereocenters. The van der Waals surface area contributed by atoms with Crippen molar-refractivity contribution in [3.8, 4) is 5.95 Å². The molecule has 2 saturated heterocycles. The highest BCUT2D eigenvalue weighted by atomic mass is 19.3. The lowest BCUT2D eigenvalue weighted by Gasteiger charge is -2.23. The Bertz CT molecular complexity index is 1180. The van der Waals surface area contributed by atoms with Crippen LogP contribution in [-0.2, 0) is 0 Å². The van der Waals surface area contributed by atoms with Gasteiger partial charge in [-0.25, -0.2) is 18.0 Å². The van der Waals surface area contributed by atoms with Crippen molar-refractivity contribution in [2.75, 3.05) is 26.2 Å². The topological polar surface area (TPSA) is 91.5 Å². The Labute approximate surface area is 169 Å². The van der Waals surface area contributed by atoms with Crippen LogP contribution in [0.1, 0.15) is 28.9 Å². The first-order valence-electron chi connectivity index (χ1n) is 9.86. The van der Waals surface area contributed by atoms with Gasteiger partial charge in [-0.1, -0.05) is 0 Å². The number of carbonyl (C=O) groups is 1. The zero-order valence-corrected chi connectivity index (χ0v) is 16.4. The Hall–Kier alpha value is -3.08. The molecular formula is C19H21F2N7O2. The summed E-state index contributed by atoms with van der Waals surface area (Å²) >= 11 is 0. The molecule has 0 bridgehead atoms. The minimum atomic E-state index is -2.64. The Kier molecular flexibility index (Phi) is 4.24. The van der Waals surface area contributed by atoms with Crippen LogP contribution < -0.4 is 5.56 Å². The van der Waals surface area contributed by atoms with Gasteiger partial charge in [-0.05, 0) is 25.5 Å². The third-order valence-corrected chi connectivity index (χ3v) is 6.00. The molecule has 1 unspecified atom stereocenters. The van der Waals surface area contributed by atoms with Crippen LogP contribution in [0.25, 0.3) is 11.5 Å². The summed E-state index contributed by atoms with van der Waals surface area (Å²) in [4.78, 5) is 31.4. The van der Waals surface area contributed by atoms with Gasteiger partial charge in [0.1, 0.15) is 5.52 Å². The number of hydrogen-bond donors (Lipinski definition) is 1. The van der Waals surface area contributed by atoms with E-state index < -0.39 is 5.92 Å². The number of fused-ring (bicyclic) bond motifs is 1. The molecule has 0 aliphatic carbocycles. The summed E-state index contributed by atoms with van der Waals surface area (Å²) in [5, 5.41) is 8.57. The van der Waals surface area contributed by atoms with E-state index in [1.54, 1.807) is 35.1 Å². The van der Waals surface area contributed by atoms with Crippen LogP contribution in [0.4, 0.5) is 8.78 Å². The second kappa shape index (κ2) is 6.73. The summed E-state index contributed by atoms with van der Waals surface area (Å²) in [7, 11) is 0. The molecule has 11 heteroatoms. The molecule has 1 amide bonds. The summed E-state index contributed by atoms with van der Waals surface area (Å²) in [6.07, 6.45) is 3.66. The fraction of sp³-hybridized carbons (Fsp3) is 0.474. The number of aromatic amines is 1. The molecule has 2 aliphatic rings. The van der Waals surface area contributed by atoms with Crippen molar-refractivity contribution in [3.63, 3.8) is 0 Å². The van der Waals surface area contributed by atoms with Crippen LogP contribution in [0, 0.1) is 6.92 Å². The number of carbonyl (C=O) groups excluding carboxylic acids is 1. The van der Waals surface area contributed by atoms with E-state index >= 15 is 0 Å². The zero-order chi connectivity index (χ0) is 21.0. The normalized spacial score (nSPS) is 21.7. The fourth-order valence-corrected chi connectivity index (χ4v) is 4.33. The first kappa shape index (κ1) is 18.9. The van der Waals surface area contributed by atoms with Gasteiger partial charge in [0.2, 0.25) is 5.95 Å². The lowest BCUT2D eigenvalue weighted by molar-refractivity contribution is 0.00813. The number of H-pyrrole nitrogens is 1. The summed E-state index contributed by atoms with van der Waals surface area (Å²) < 4.78 is 29.9. The van der Waals surface area contributed by atoms with Gasteiger partial charge in [-0.3, -0.25) is 19.5 Å². The molecule has 5 rings (SSSR count). The second-order valence-electron chi connectivity index (χ2n) is 7.94. The van der Waals surface area contributed by atoms with E-state index in [0.717, 1.165) is 0 Å². The van der Waals surface area contributed by atoms with Gasteiger partial charge in [-0.15, -0.1) is 5.10 Å². The van der Waals surface area contributed by atoms with Gasteiger partial charge < -0.3 is 4.90 Å². The van der Waals surface area contributed by atoms with Crippen LogP contribution in [0.3, 0.4) is 0 Å². The molecule has 2 aliphatic heterocycles. The molecule has 0 spiro atoms. The minimum absolute atomic E-state index is 0.0492. The highest BCUT2D eigenvalue weighted by molar-refractivity contribution is 5.95. The van der Waals surface area contributed by atoms with Crippen molar-refractivity contribution >= 4 is 11.4 Å². The maximum absolute atomic E-state index is 13.5. The van der Waals surface area contributed by atoms with Gasteiger partial charge in [0.05, 0.1) is 24.0 Å². The predicted octanol–water partition coefficient (Wildman–Crippen LogP) is 1.07. The average Bonchev–Trinajstić information content (AvgIpc) is 3.46. The molecular weight excluding hydrogens is 396 g/mol. The molecule has 0 radical (unpaired) electrons. The number of aromatic nitrogens is 5. The van der Waals surface area contributed by atoms with Crippen molar-refractivity contribution < 1.29 is 13.6 Å². The first-order chi connectivity index (χ1) is 14.3. The number of hydrogen-bond acceptors (Lipinski definition) is 5. The molecule has 158 valence electrons. The summed E-state index contributed by atoms with van der Waals surface area (Å²) in [5.74, 6) is -2.63. The molecule has 2 fully saturated rings. The monoisotopic (exact) mass is 417 g/mol. The van der Waals surface area contributed by atoms with Crippen LogP contribution in [0.15, 0.2) is 29.3 Å².